The van der Waals surface area contributed by atoms with Crippen LogP contribution in [0.2, 0.25) is 0 Å². The normalized spacial score (nSPS) is 16.6. The van der Waals surface area contributed by atoms with Gasteiger partial charge in [0.15, 0.2) is 0 Å². The van der Waals surface area contributed by atoms with Gasteiger partial charge in [0.25, 0.3) is 0 Å². The summed E-state index contributed by atoms with van der Waals surface area (Å²) in [7, 11) is -3.51. The molecule has 0 spiro atoms. The third kappa shape index (κ3) is 3.85. The second kappa shape index (κ2) is 7.46. The molecule has 0 aliphatic carbocycles. The van der Waals surface area contributed by atoms with E-state index in [9.17, 15) is 8.42 Å². The Labute approximate surface area is 143 Å². The van der Waals surface area contributed by atoms with Crippen molar-refractivity contribution in [1.29, 1.82) is 0 Å². The molecule has 1 aromatic heterocycles. The maximum atomic E-state index is 13.2. The van der Waals surface area contributed by atoms with Gasteiger partial charge in [-0.3, -0.25) is 4.68 Å². The lowest BCUT2D eigenvalue weighted by atomic mass is 10.1. The minimum absolute atomic E-state index is 0.0346. The van der Waals surface area contributed by atoms with Crippen LogP contribution >= 0.6 is 0 Å². The number of hydrogen-bond acceptors (Lipinski definition) is 4. The minimum Gasteiger partial charge on any atom is -0.317 e. The Balaban J connectivity index is 1.87. The predicted octanol–water partition coefficient (Wildman–Crippen LogP) is 1.63. The Bertz CT molecular complexity index is 753. The molecule has 3 rings (SSSR count). The van der Waals surface area contributed by atoms with E-state index < -0.39 is 10.0 Å². The Morgan fingerprint density at radius 1 is 1.29 bits per heavy atom. The molecular weight excluding hydrogens is 324 g/mol. The van der Waals surface area contributed by atoms with Crippen LogP contribution in [0.1, 0.15) is 18.4 Å². The molecule has 1 aliphatic heterocycles. The molecule has 0 bridgehead atoms. The molecule has 1 saturated heterocycles. The lowest BCUT2D eigenvalue weighted by Crippen LogP contribution is -2.47. The molecule has 0 amide bonds. The second-order valence-electron chi connectivity index (χ2n) is 6.18. The second-order valence-corrected chi connectivity index (χ2v) is 8.07. The smallest absolute Gasteiger partial charge is 0.243 e. The van der Waals surface area contributed by atoms with E-state index in [2.05, 4.69) is 10.4 Å². The van der Waals surface area contributed by atoms with Crippen LogP contribution in [0, 0.1) is 6.92 Å². The fourth-order valence-corrected chi connectivity index (χ4v) is 4.92. The Kier molecular flexibility index (Phi) is 5.33. The third-order valence-electron chi connectivity index (χ3n) is 4.42. The third-order valence-corrected chi connectivity index (χ3v) is 6.37. The van der Waals surface area contributed by atoms with E-state index in [0.717, 1.165) is 31.5 Å². The van der Waals surface area contributed by atoms with Gasteiger partial charge >= 0.3 is 0 Å². The highest BCUT2D eigenvalue weighted by Crippen LogP contribution is 2.23. The SMILES string of the molecule is Cc1cccc(S(=O)(=O)N(CCn2cccn2)C2CCNCC2)c1. The van der Waals surface area contributed by atoms with Crippen LogP contribution in [0.4, 0.5) is 0 Å². The summed E-state index contributed by atoms with van der Waals surface area (Å²) in [5.74, 6) is 0. The average molecular weight is 348 g/mol. The Morgan fingerprint density at radius 3 is 2.75 bits per heavy atom. The quantitative estimate of drug-likeness (QED) is 0.862. The maximum absolute atomic E-state index is 13.2. The predicted molar refractivity (Wildman–Crippen MR) is 93.2 cm³/mol. The highest BCUT2D eigenvalue weighted by atomic mass is 32.2. The molecule has 24 heavy (non-hydrogen) atoms. The van der Waals surface area contributed by atoms with Gasteiger partial charge in [-0.05, 0) is 56.6 Å². The van der Waals surface area contributed by atoms with Crippen molar-refractivity contribution in [1.82, 2.24) is 19.4 Å². The van der Waals surface area contributed by atoms with Crippen molar-refractivity contribution in [3.8, 4) is 0 Å². The van der Waals surface area contributed by atoms with Gasteiger partial charge in [-0.1, -0.05) is 12.1 Å². The number of sulfonamides is 1. The molecule has 1 aromatic carbocycles. The van der Waals surface area contributed by atoms with Gasteiger partial charge < -0.3 is 5.32 Å². The van der Waals surface area contributed by atoms with E-state index in [-0.39, 0.29) is 6.04 Å². The summed E-state index contributed by atoms with van der Waals surface area (Å²) in [5, 5.41) is 7.49. The maximum Gasteiger partial charge on any atom is 0.243 e. The van der Waals surface area contributed by atoms with Crippen molar-refractivity contribution in [2.75, 3.05) is 19.6 Å². The van der Waals surface area contributed by atoms with E-state index in [1.165, 1.54) is 0 Å². The summed E-state index contributed by atoms with van der Waals surface area (Å²) in [6.07, 6.45) is 5.25. The molecule has 0 radical (unpaired) electrons. The van der Waals surface area contributed by atoms with Crippen LogP contribution in [0.5, 0.6) is 0 Å². The Morgan fingerprint density at radius 2 is 2.08 bits per heavy atom. The average Bonchev–Trinajstić information content (AvgIpc) is 3.09. The van der Waals surface area contributed by atoms with Crippen LogP contribution in [0.15, 0.2) is 47.6 Å². The molecule has 7 heteroatoms. The van der Waals surface area contributed by atoms with Crippen molar-refractivity contribution in [3.05, 3.63) is 48.3 Å². The standard InChI is InChI=1S/C17H24N4O2S/c1-15-4-2-5-17(14-15)24(22,23)21(16-6-9-18-10-7-16)13-12-20-11-3-8-19-20/h2-5,8,11,14,16,18H,6-7,9-10,12-13H2,1H3. The van der Waals surface area contributed by atoms with Gasteiger partial charge in [0, 0.05) is 25.0 Å². The summed E-state index contributed by atoms with van der Waals surface area (Å²) in [4.78, 5) is 0.376. The molecular formula is C17H24N4O2S. The molecule has 0 unspecified atom stereocenters. The van der Waals surface area contributed by atoms with Gasteiger partial charge in [0.05, 0.1) is 11.4 Å². The minimum atomic E-state index is -3.51. The lowest BCUT2D eigenvalue weighted by molar-refractivity contribution is 0.252. The van der Waals surface area contributed by atoms with E-state index in [0.29, 0.717) is 18.0 Å². The number of rotatable bonds is 6. The zero-order valence-electron chi connectivity index (χ0n) is 13.9. The summed E-state index contributed by atoms with van der Waals surface area (Å²) >= 11 is 0. The van der Waals surface area contributed by atoms with Crippen LogP contribution < -0.4 is 5.32 Å². The highest BCUT2D eigenvalue weighted by Gasteiger charge is 2.32. The number of piperidine rings is 1. The number of nitrogens with one attached hydrogen (secondary N) is 1. The van der Waals surface area contributed by atoms with Crippen LogP contribution in [0.3, 0.4) is 0 Å². The number of aryl methyl sites for hydroxylation is 1. The van der Waals surface area contributed by atoms with Gasteiger partial charge in [0.2, 0.25) is 10.0 Å². The summed E-state index contributed by atoms with van der Waals surface area (Å²) in [6.45, 7) is 4.61. The van der Waals surface area contributed by atoms with Crippen LogP contribution in [-0.2, 0) is 16.6 Å². The van der Waals surface area contributed by atoms with Gasteiger partial charge in [-0.25, -0.2) is 8.42 Å². The number of hydrogen-bond donors (Lipinski definition) is 1. The first-order valence-electron chi connectivity index (χ1n) is 8.34. The summed E-state index contributed by atoms with van der Waals surface area (Å²) < 4.78 is 29.9. The first kappa shape index (κ1) is 17.1. The molecule has 0 atom stereocenters. The molecule has 130 valence electrons. The molecule has 1 aliphatic rings. The molecule has 1 fully saturated rings. The van der Waals surface area contributed by atoms with Gasteiger partial charge in [0.1, 0.15) is 0 Å². The van der Waals surface area contributed by atoms with E-state index in [4.69, 9.17) is 0 Å². The van der Waals surface area contributed by atoms with Crippen molar-refractivity contribution in [2.45, 2.75) is 37.2 Å². The van der Waals surface area contributed by atoms with Gasteiger partial charge in [-0.2, -0.15) is 9.40 Å². The molecule has 6 nitrogen and oxygen atoms in total. The van der Waals surface area contributed by atoms with E-state index >= 15 is 0 Å². The van der Waals surface area contributed by atoms with E-state index in [1.807, 2.05) is 25.3 Å². The van der Waals surface area contributed by atoms with Crippen molar-refractivity contribution in [2.24, 2.45) is 0 Å². The topological polar surface area (TPSA) is 67.2 Å². The van der Waals surface area contributed by atoms with Crippen molar-refractivity contribution < 1.29 is 8.42 Å². The molecule has 0 saturated carbocycles. The largest absolute Gasteiger partial charge is 0.317 e. The number of aromatic nitrogens is 2. The number of nitrogens with zero attached hydrogens (tertiary/aromatic N) is 3. The lowest BCUT2D eigenvalue weighted by Gasteiger charge is -2.33. The monoisotopic (exact) mass is 348 g/mol. The number of benzene rings is 1. The first-order chi connectivity index (χ1) is 11.6. The fraction of sp³-hybridized carbons (Fsp3) is 0.471. The Hall–Kier alpha value is -1.70. The van der Waals surface area contributed by atoms with Crippen LogP contribution in [0.25, 0.3) is 0 Å². The highest BCUT2D eigenvalue weighted by molar-refractivity contribution is 7.89. The first-order valence-corrected chi connectivity index (χ1v) is 9.78. The fourth-order valence-electron chi connectivity index (χ4n) is 3.14. The van der Waals surface area contributed by atoms with Crippen molar-refractivity contribution >= 4 is 10.0 Å². The van der Waals surface area contributed by atoms with Gasteiger partial charge in [-0.15, -0.1) is 0 Å². The zero-order valence-corrected chi connectivity index (χ0v) is 14.7. The van der Waals surface area contributed by atoms with E-state index in [1.54, 1.807) is 33.4 Å². The van der Waals surface area contributed by atoms with Crippen LogP contribution in [-0.4, -0.2) is 48.2 Å². The van der Waals surface area contributed by atoms with Crippen molar-refractivity contribution in [3.63, 3.8) is 0 Å². The molecule has 2 aromatic rings. The summed E-state index contributed by atoms with van der Waals surface area (Å²) in [5.41, 5.74) is 0.952. The summed E-state index contributed by atoms with van der Waals surface area (Å²) in [6, 6.07) is 9.03. The zero-order chi connectivity index (χ0) is 17.0. The molecule has 1 N–H and O–H groups in total. The molecule has 2 heterocycles.